The fourth-order valence-corrected chi connectivity index (χ4v) is 2.27. The second-order valence-electron chi connectivity index (χ2n) is 4.51. The molecule has 1 aromatic carbocycles. The molecular formula is C13H14BrF3O3. The van der Waals surface area contributed by atoms with Gasteiger partial charge in [-0.25, -0.2) is 0 Å². The van der Waals surface area contributed by atoms with Gasteiger partial charge < -0.3 is 14.2 Å². The standard InChI is InChI=1S/C13H14BrF3O3/c14-11-2-1-10(20-13(15,16)17)7-12(11)19-8-9-3-5-18-6-4-9/h1-2,7,9H,3-6,8H2. The summed E-state index contributed by atoms with van der Waals surface area (Å²) in [5, 5.41) is 0. The molecule has 2 rings (SSSR count). The molecule has 0 N–H and O–H groups in total. The third-order valence-corrected chi connectivity index (χ3v) is 3.61. The normalized spacial score (nSPS) is 17.0. The summed E-state index contributed by atoms with van der Waals surface area (Å²) in [6, 6.07) is 3.94. The van der Waals surface area contributed by atoms with Gasteiger partial charge in [0.2, 0.25) is 0 Å². The van der Waals surface area contributed by atoms with Crippen molar-refractivity contribution >= 4 is 15.9 Å². The summed E-state index contributed by atoms with van der Waals surface area (Å²) >= 11 is 3.25. The van der Waals surface area contributed by atoms with Gasteiger partial charge in [0.05, 0.1) is 11.1 Å². The molecule has 0 unspecified atom stereocenters. The number of hydrogen-bond donors (Lipinski definition) is 0. The largest absolute Gasteiger partial charge is 0.573 e. The molecule has 0 bridgehead atoms. The van der Waals surface area contributed by atoms with Crippen LogP contribution < -0.4 is 9.47 Å². The summed E-state index contributed by atoms with van der Waals surface area (Å²) in [6.45, 7) is 1.86. The summed E-state index contributed by atoms with van der Waals surface area (Å²) in [6.07, 6.45) is -2.90. The highest BCUT2D eigenvalue weighted by atomic mass is 79.9. The fraction of sp³-hybridized carbons (Fsp3) is 0.538. The Morgan fingerprint density at radius 2 is 1.95 bits per heavy atom. The van der Waals surface area contributed by atoms with E-state index in [-0.39, 0.29) is 5.75 Å². The molecule has 20 heavy (non-hydrogen) atoms. The van der Waals surface area contributed by atoms with Gasteiger partial charge in [0, 0.05) is 19.3 Å². The molecule has 112 valence electrons. The molecule has 0 atom stereocenters. The Balaban J connectivity index is 1.97. The second-order valence-corrected chi connectivity index (χ2v) is 5.36. The van der Waals surface area contributed by atoms with E-state index in [9.17, 15) is 13.2 Å². The molecule has 1 fully saturated rings. The number of alkyl halides is 3. The number of benzene rings is 1. The van der Waals surface area contributed by atoms with E-state index in [2.05, 4.69) is 20.7 Å². The monoisotopic (exact) mass is 354 g/mol. The van der Waals surface area contributed by atoms with E-state index >= 15 is 0 Å². The van der Waals surface area contributed by atoms with Crippen LogP contribution in [0.3, 0.4) is 0 Å². The summed E-state index contributed by atoms with van der Waals surface area (Å²) in [5.74, 6) is 0.420. The average Bonchev–Trinajstić information content (AvgIpc) is 2.39. The number of halogens is 4. The van der Waals surface area contributed by atoms with Gasteiger partial charge in [0.1, 0.15) is 11.5 Å². The van der Waals surface area contributed by atoms with Gasteiger partial charge in [-0.15, -0.1) is 13.2 Å². The molecule has 1 aliphatic rings. The van der Waals surface area contributed by atoms with Crippen molar-refractivity contribution in [2.45, 2.75) is 19.2 Å². The molecule has 1 aliphatic heterocycles. The lowest BCUT2D eigenvalue weighted by atomic mass is 10.0. The van der Waals surface area contributed by atoms with Crippen LogP contribution in [0, 0.1) is 5.92 Å². The molecule has 1 aromatic rings. The van der Waals surface area contributed by atoms with Crippen LogP contribution in [0.5, 0.6) is 11.5 Å². The number of rotatable bonds is 4. The molecule has 0 amide bonds. The summed E-state index contributed by atoms with van der Waals surface area (Å²) < 4.78 is 51.8. The molecule has 0 saturated carbocycles. The van der Waals surface area contributed by atoms with Crippen LogP contribution in [0.25, 0.3) is 0 Å². The summed E-state index contributed by atoms with van der Waals surface area (Å²) in [5.41, 5.74) is 0. The number of hydrogen-bond acceptors (Lipinski definition) is 3. The van der Waals surface area contributed by atoms with Crippen LogP contribution in [0.1, 0.15) is 12.8 Å². The second kappa shape index (κ2) is 6.67. The predicted molar refractivity (Wildman–Crippen MR) is 69.9 cm³/mol. The third-order valence-electron chi connectivity index (χ3n) is 2.95. The fourth-order valence-electron chi connectivity index (χ4n) is 1.91. The molecule has 0 spiro atoms. The minimum absolute atomic E-state index is 0.289. The first-order valence-corrected chi connectivity index (χ1v) is 6.99. The van der Waals surface area contributed by atoms with Crippen molar-refractivity contribution in [2.75, 3.05) is 19.8 Å². The maximum atomic E-state index is 12.2. The first kappa shape index (κ1) is 15.4. The van der Waals surface area contributed by atoms with E-state index in [4.69, 9.17) is 9.47 Å². The van der Waals surface area contributed by atoms with Gasteiger partial charge in [-0.1, -0.05) is 0 Å². The highest BCUT2D eigenvalue weighted by Gasteiger charge is 2.31. The molecule has 0 radical (unpaired) electrons. The Hall–Kier alpha value is -0.950. The van der Waals surface area contributed by atoms with Gasteiger partial charge >= 0.3 is 6.36 Å². The minimum Gasteiger partial charge on any atom is -0.492 e. The van der Waals surface area contributed by atoms with Gasteiger partial charge in [-0.2, -0.15) is 0 Å². The molecule has 0 aliphatic carbocycles. The number of ether oxygens (including phenoxy) is 3. The zero-order valence-corrected chi connectivity index (χ0v) is 12.2. The molecule has 1 heterocycles. The van der Waals surface area contributed by atoms with E-state index < -0.39 is 6.36 Å². The molecule has 7 heteroatoms. The lowest BCUT2D eigenvalue weighted by Crippen LogP contribution is -2.21. The van der Waals surface area contributed by atoms with Gasteiger partial charge in [0.25, 0.3) is 0 Å². The third kappa shape index (κ3) is 4.86. The van der Waals surface area contributed by atoms with E-state index in [1.165, 1.54) is 18.2 Å². The van der Waals surface area contributed by atoms with Crippen LogP contribution in [-0.4, -0.2) is 26.2 Å². The van der Waals surface area contributed by atoms with Crippen LogP contribution >= 0.6 is 15.9 Å². The quantitative estimate of drug-likeness (QED) is 0.812. The Labute approximate surface area is 123 Å². The maximum absolute atomic E-state index is 12.2. The highest BCUT2D eigenvalue weighted by molar-refractivity contribution is 9.10. The van der Waals surface area contributed by atoms with Crippen molar-refractivity contribution in [3.05, 3.63) is 22.7 Å². The van der Waals surface area contributed by atoms with Crippen molar-refractivity contribution in [2.24, 2.45) is 5.92 Å². The molecule has 0 aromatic heterocycles. The topological polar surface area (TPSA) is 27.7 Å². The summed E-state index contributed by atoms with van der Waals surface area (Å²) in [7, 11) is 0. The molecular weight excluding hydrogens is 341 g/mol. The Kier molecular flexibility index (Phi) is 5.15. The maximum Gasteiger partial charge on any atom is 0.573 e. The lowest BCUT2D eigenvalue weighted by molar-refractivity contribution is -0.274. The van der Waals surface area contributed by atoms with Gasteiger partial charge in [-0.3, -0.25) is 0 Å². The molecule has 1 saturated heterocycles. The van der Waals surface area contributed by atoms with E-state index in [1.807, 2.05) is 0 Å². The predicted octanol–water partition coefficient (Wildman–Crippen LogP) is 4.15. The van der Waals surface area contributed by atoms with E-state index in [1.54, 1.807) is 0 Å². The first-order valence-electron chi connectivity index (χ1n) is 6.20. The molecule has 3 nitrogen and oxygen atoms in total. The Morgan fingerprint density at radius 3 is 2.60 bits per heavy atom. The van der Waals surface area contributed by atoms with E-state index in [0.717, 1.165) is 12.8 Å². The van der Waals surface area contributed by atoms with Crippen LogP contribution in [0.2, 0.25) is 0 Å². The van der Waals surface area contributed by atoms with Gasteiger partial charge in [0.15, 0.2) is 0 Å². The Morgan fingerprint density at radius 1 is 1.25 bits per heavy atom. The smallest absolute Gasteiger partial charge is 0.492 e. The van der Waals surface area contributed by atoms with Crippen molar-refractivity contribution in [3.8, 4) is 11.5 Å². The van der Waals surface area contributed by atoms with Crippen LogP contribution in [-0.2, 0) is 4.74 Å². The lowest BCUT2D eigenvalue weighted by Gasteiger charge is -2.22. The van der Waals surface area contributed by atoms with Crippen LogP contribution in [0.4, 0.5) is 13.2 Å². The van der Waals surface area contributed by atoms with Crippen molar-refractivity contribution in [1.29, 1.82) is 0 Å². The average molecular weight is 355 g/mol. The highest BCUT2D eigenvalue weighted by Crippen LogP contribution is 2.32. The summed E-state index contributed by atoms with van der Waals surface area (Å²) in [4.78, 5) is 0. The van der Waals surface area contributed by atoms with Crippen molar-refractivity contribution in [1.82, 2.24) is 0 Å². The SMILES string of the molecule is FC(F)(F)Oc1ccc(Br)c(OCC2CCOCC2)c1. The van der Waals surface area contributed by atoms with Gasteiger partial charge in [-0.05, 0) is 46.8 Å². The first-order chi connectivity index (χ1) is 9.44. The van der Waals surface area contributed by atoms with Crippen LogP contribution in [0.15, 0.2) is 22.7 Å². The minimum atomic E-state index is -4.70. The van der Waals surface area contributed by atoms with Crippen molar-refractivity contribution in [3.63, 3.8) is 0 Å². The van der Waals surface area contributed by atoms with E-state index in [0.29, 0.717) is 36.0 Å². The van der Waals surface area contributed by atoms with Crippen molar-refractivity contribution < 1.29 is 27.4 Å². The zero-order valence-electron chi connectivity index (χ0n) is 10.6. The Bertz CT molecular complexity index is 445. The zero-order chi connectivity index (χ0) is 14.6.